The number of fused-ring (bicyclic) bond motifs is 1. The zero-order valence-electron chi connectivity index (χ0n) is 22.4. The third-order valence-electron chi connectivity index (χ3n) is 6.54. The second kappa shape index (κ2) is 13.1. The predicted octanol–water partition coefficient (Wildman–Crippen LogP) is 4.09. The molecule has 1 aromatic heterocycles. The minimum atomic E-state index is -3.53. The van der Waals surface area contributed by atoms with Crippen LogP contribution in [0.2, 0.25) is 0 Å². The fraction of sp³-hybridized carbons (Fsp3) is 0.321. The van der Waals surface area contributed by atoms with E-state index in [1.54, 1.807) is 58.2 Å². The minimum absolute atomic E-state index is 0.0244. The van der Waals surface area contributed by atoms with Gasteiger partial charge in [-0.05, 0) is 37.1 Å². The van der Waals surface area contributed by atoms with Gasteiger partial charge >= 0.3 is 0 Å². The molecule has 11 nitrogen and oxygen atoms in total. The molecule has 216 valence electrons. The largest absolute Gasteiger partial charge is 0.481 e. The first-order valence-electron chi connectivity index (χ1n) is 13.1. The Morgan fingerprint density at radius 2 is 1.51 bits per heavy atom. The van der Waals surface area contributed by atoms with E-state index in [2.05, 4.69) is 10.3 Å². The molecule has 0 radical (unpaired) electrons. The summed E-state index contributed by atoms with van der Waals surface area (Å²) >= 11 is 1.24. The molecule has 2 aromatic carbocycles. The molecule has 2 aliphatic heterocycles. The highest BCUT2D eigenvalue weighted by atomic mass is 32.2. The van der Waals surface area contributed by atoms with E-state index in [0.717, 1.165) is 43.1 Å². The number of aromatic nitrogens is 1. The predicted molar refractivity (Wildman–Crippen MR) is 153 cm³/mol. The Morgan fingerprint density at radius 1 is 0.951 bits per heavy atom. The number of carboxylic acids is 1. The van der Waals surface area contributed by atoms with Gasteiger partial charge in [0.2, 0.25) is 15.9 Å². The number of anilines is 1. The Morgan fingerprint density at radius 3 is 2.07 bits per heavy atom. The van der Waals surface area contributed by atoms with E-state index in [1.165, 1.54) is 11.3 Å². The number of aliphatic carboxylic acids is 1. The molecule has 13 heteroatoms. The molecular formula is C28H30N4O7S2. The molecule has 3 aromatic rings. The number of imide groups is 1. The summed E-state index contributed by atoms with van der Waals surface area (Å²) in [5.74, 6) is -1.99. The molecule has 0 aliphatic carbocycles. The van der Waals surface area contributed by atoms with Crippen molar-refractivity contribution in [2.45, 2.75) is 43.9 Å². The van der Waals surface area contributed by atoms with Crippen LogP contribution in [-0.2, 0) is 19.6 Å². The van der Waals surface area contributed by atoms with Crippen molar-refractivity contribution in [3.05, 3.63) is 65.0 Å². The van der Waals surface area contributed by atoms with Crippen LogP contribution in [0.5, 0.6) is 0 Å². The van der Waals surface area contributed by atoms with Crippen molar-refractivity contribution >= 4 is 50.2 Å². The average molecular weight is 599 g/mol. The number of nitrogens with one attached hydrogen (secondary N) is 1. The molecular weight excluding hydrogens is 568 g/mol. The normalized spacial score (nSPS) is 15.5. The summed E-state index contributed by atoms with van der Waals surface area (Å²) in [6.45, 7) is 2.15. The van der Waals surface area contributed by atoms with Crippen molar-refractivity contribution in [3.8, 4) is 11.3 Å². The number of carboxylic acid groups (broad SMARTS) is 1. The molecule has 1 saturated heterocycles. The summed E-state index contributed by atoms with van der Waals surface area (Å²) in [5.41, 5.74) is 2.04. The lowest BCUT2D eigenvalue weighted by Gasteiger charge is -2.19. The molecule has 3 amide bonds. The van der Waals surface area contributed by atoms with Crippen molar-refractivity contribution in [2.24, 2.45) is 0 Å². The summed E-state index contributed by atoms with van der Waals surface area (Å²) in [7, 11) is -3.53. The topological polar surface area (TPSA) is 154 Å². The minimum Gasteiger partial charge on any atom is -0.481 e. The maximum Gasteiger partial charge on any atom is 0.300 e. The second-order valence-electron chi connectivity index (χ2n) is 9.51. The molecule has 3 heterocycles. The fourth-order valence-corrected chi connectivity index (χ4v) is 6.78. The van der Waals surface area contributed by atoms with Crippen molar-refractivity contribution in [1.82, 2.24) is 14.2 Å². The molecule has 5 rings (SSSR count). The molecule has 0 atom stereocenters. The molecule has 0 saturated carbocycles. The first-order chi connectivity index (χ1) is 19.6. The standard InChI is InChI=1S/C26H26N4O5S2.C2H4O2/c31-23(13-16-30-24(32)20-7-3-4-8-21(20)25(30)33)28-26-27-22(17-36-26)18-9-11-19(12-10-18)37(34,35)29-14-5-1-2-6-15-29;1-2(3)4/h3-4,7-12,17H,1-2,5-6,13-16H2,(H,27,28,31);1H3,(H,3,4). The highest BCUT2D eigenvalue weighted by Gasteiger charge is 2.35. The van der Waals surface area contributed by atoms with E-state index in [-0.39, 0.29) is 23.8 Å². The Hall–Kier alpha value is -3.94. The number of carbonyl (C=O) groups is 4. The van der Waals surface area contributed by atoms with Gasteiger partial charge in [0.15, 0.2) is 5.13 Å². The van der Waals surface area contributed by atoms with Crippen LogP contribution in [0.1, 0.15) is 59.7 Å². The molecule has 2 aliphatic rings. The van der Waals surface area contributed by atoms with Crippen LogP contribution >= 0.6 is 11.3 Å². The highest BCUT2D eigenvalue weighted by molar-refractivity contribution is 7.89. The van der Waals surface area contributed by atoms with Gasteiger partial charge in [-0.15, -0.1) is 11.3 Å². The summed E-state index contributed by atoms with van der Waals surface area (Å²) in [6.07, 6.45) is 3.81. The quantitative estimate of drug-likeness (QED) is 0.386. The van der Waals surface area contributed by atoms with E-state index in [9.17, 15) is 22.8 Å². The van der Waals surface area contributed by atoms with Gasteiger partial charge in [0, 0.05) is 43.9 Å². The van der Waals surface area contributed by atoms with E-state index >= 15 is 0 Å². The lowest BCUT2D eigenvalue weighted by molar-refractivity contribution is -0.134. The summed E-state index contributed by atoms with van der Waals surface area (Å²) in [4.78, 5) is 52.1. The monoisotopic (exact) mass is 598 g/mol. The smallest absolute Gasteiger partial charge is 0.300 e. The van der Waals surface area contributed by atoms with E-state index < -0.39 is 27.8 Å². The first-order valence-corrected chi connectivity index (χ1v) is 15.4. The Balaban J connectivity index is 0.000000909. The average Bonchev–Trinajstić information content (AvgIpc) is 3.36. The van der Waals surface area contributed by atoms with Crippen LogP contribution in [0.3, 0.4) is 0 Å². The van der Waals surface area contributed by atoms with Crippen LogP contribution in [-0.4, -0.2) is 71.0 Å². The molecule has 0 bridgehead atoms. The van der Waals surface area contributed by atoms with Gasteiger partial charge in [0.1, 0.15) is 0 Å². The Kier molecular flexibility index (Phi) is 9.63. The Labute approximate surface area is 241 Å². The van der Waals surface area contributed by atoms with Crippen LogP contribution in [0, 0.1) is 0 Å². The third kappa shape index (κ3) is 7.23. The maximum atomic E-state index is 13.0. The van der Waals surface area contributed by atoms with Crippen molar-refractivity contribution in [2.75, 3.05) is 25.0 Å². The number of thiazole rings is 1. The number of amides is 3. The Bertz CT molecular complexity index is 1500. The van der Waals surface area contributed by atoms with Gasteiger partial charge in [-0.2, -0.15) is 4.31 Å². The molecule has 1 fully saturated rings. The van der Waals surface area contributed by atoms with Gasteiger partial charge in [-0.25, -0.2) is 13.4 Å². The number of sulfonamides is 1. The van der Waals surface area contributed by atoms with Gasteiger partial charge in [0.05, 0.1) is 21.7 Å². The lowest BCUT2D eigenvalue weighted by atomic mass is 10.1. The van der Waals surface area contributed by atoms with Gasteiger partial charge < -0.3 is 10.4 Å². The van der Waals surface area contributed by atoms with Crippen LogP contribution in [0.15, 0.2) is 58.8 Å². The number of hydrogen-bond acceptors (Lipinski definition) is 8. The first kappa shape index (κ1) is 30.0. The molecule has 2 N–H and O–H groups in total. The van der Waals surface area contributed by atoms with E-state index in [0.29, 0.717) is 35.0 Å². The molecule has 41 heavy (non-hydrogen) atoms. The SMILES string of the molecule is CC(=O)O.O=C(CCN1C(=O)c2ccccc2C1=O)Nc1nc(-c2ccc(S(=O)(=O)N3CCCCCC3)cc2)cs1. The van der Waals surface area contributed by atoms with Crippen molar-refractivity contribution < 1.29 is 32.7 Å². The maximum absolute atomic E-state index is 13.0. The number of hydrogen-bond donors (Lipinski definition) is 2. The van der Waals surface area contributed by atoms with Crippen LogP contribution in [0.4, 0.5) is 5.13 Å². The van der Waals surface area contributed by atoms with Crippen LogP contribution in [0.25, 0.3) is 11.3 Å². The molecule has 0 unspecified atom stereocenters. The van der Waals surface area contributed by atoms with Gasteiger partial charge in [-0.3, -0.25) is 24.1 Å². The highest BCUT2D eigenvalue weighted by Crippen LogP contribution is 2.28. The van der Waals surface area contributed by atoms with Gasteiger partial charge in [-0.1, -0.05) is 37.1 Å². The summed E-state index contributed by atoms with van der Waals surface area (Å²) in [5, 5.41) is 12.3. The second-order valence-corrected chi connectivity index (χ2v) is 12.3. The third-order valence-corrected chi connectivity index (χ3v) is 9.21. The summed E-state index contributed by atoms with van der Waals surface area (Å²) < 4.78 is 27.6. The van der Waals surface area contributed by atoms with Gasteiger partial charge in [0.25, 0.3) is 17.8 Å². The zero-order valence-corrected chi connectivity index (χ0v) is 24.0. The van der Waals surface area contributed by atoms with Crippen molar-refractivity contribution in [3.63, 3.8) is 0 Å². The number of nitrogens with zero attached hydrogens (tertiary/aromatic N) is 3. The molecule has 0 spiro atoms. The zero-order chi connectivity index (χ0) is 29.6. The number of rotatable bonds is 7. The number of carbonyl (C=O) groups excluding carboxylic acids is 3. The lowest BCUT2D eigenvalue weighted by Crippen LogP contribution is -2.32. The summed E-state index contributed by atoms with van der Waals surface area (Å²) in [6, 6.07) is 13.2. The van der Waals surface area contributed by atoms with E-state index in [4.69, 9.17) is 9.90 Å². The van der Waals surface area contributed by atoms with E-state index in [1.807, 2.05) is 0 Å². The fourth-order valence-electron chi connectivity index (χ4n) is 4.53. The number of benzene rings is 2. The van der Waals surface area contributed by atoms with Crippen LogP contribution < -0.4 is 5.32 Å². The van der Waals surface area contributed by atoms with Crippen molar-refractivity contribution in [1.29, 1.82) is 0 Å².